The van der Waals surface area contributed by atoms with Gasteiger partial charge in [-0.05, 0) is 18.2 Å². The molecule has 0 saturated carbocycles. The highest BCUT2D eigenvalue weighted by Gasteiger charge is 2.15. The number of rotatable bonds is 2. The minimum absolute atomic E-state index is 0.245. The molecule has 0 atom stereocenters. The van der Waals surface area contributed by atoms with E-state index in [-0.39, 0.29) is 10.7 Å². The van der Waals surface area contributed by atoms with Gasteiger partial charge in [-0.25, -0.2) is 14.2 Å². The lowest BCUT2D eigenvalue weighted by atomic mass is 10.1. The summed E-state index contributed by atoms with van der Waals surface area (Å²) in [4.78, 5) is 14.5. The second-order valence-electron chi connectivity index (χ2n) is 3.43. The average molecular weight is 286 g/mol. The Labute approximate surface area is 112 Å². The molecule has 0 bridgehead atoms. The maximum absolute atomic E-state index is 13.2. The Morgan fingerprint density at radius 1 is 1.22 bits per heavy atom. The Hall–Kier alpha value is -1.65. The van der Waals surface area contributed by atoms with Crippen LogP contribution in [0.25, 0.3) is 11.3 Å². The Morgan fingerprint density at radius 2 is 1.94 bits per heavy atom. The Balaban J connectivity index is 2.62. The molecule has 0 amide bonds. The smallest absolute Gasteiger partial charge is 0.357 e. The van der Waals surface area contributed by atoms with Crippen molar-refractivity contribution in [3.63, 3.8) is 0 Å². The summed E-state index contributed by atoms with van der Waals surface area (Å²) in [7, 11) is 0. The summed E-state index contributed by atoms with van der Waals surface area (Å²) in [6, 6.07) is 7.24. The summed E-state index contributed by atoms with van der Waals surface area (Å²) in [6.07, 6.45) is 0. The molecule has 0 aliphatic heterocycles. The quantitative estimate of drug-likeness (QED) is 0.911. The normalized spacial score (nSPS) is 10.4. The zero-order valence-electron chi connectivity index (χ0n) is 8.82. The van der Waals surface area contributed by atoms with Crippen LogP contribution in [0.4, 0.5) is 4.39 Å². The molecule has 1 aromatic heterocycles. The number of halogens is 3. The third-order valence-electron chi connectivity index (χ3n) is 2.28. The molecule has 92 valence electrons. The van der Waals surface area contributed by atoms with Crippen molar-refractivity contribution >= 4 is 29.2 Å². The molecule has 2 rings (SSSR count). The zero-order valence-corrected chi connectivity index (χ0v) is 10.3. The molecular weight excluding hydrogens is 280 g/mol. The van der Waals surface area contributed by atoms with E-state index < -0.39 is 17.5 Å². The zero-order chi connectivity index (χ0) is 13.3. The molecule has 6 heteroatoms. The Bertz CT molecular complexity index is 631. The molecule has 0 spiro atoms. The van der Waals surface area contributed by atoms with Crippen LogP contribution >= 0.6 is 23.2 Å². The predicted octanol–water partition coefficient (Wildman–Crippen LogP) is 3.89. The second-order valence-corrected chi connectivity index (χ2v) is 4.22. The van der Waals surface area contributed by atoms with E-state index >= 15 is 0 Å². The molecule has 2 aromatic rings. The molecule has 1 aromatic carbocycles. The monoisotopic (exact) mass is 285 g/mol. The maximum atomic E-state index is 13.2. The van der Waals surface area contributed by atoms with Crippen LogP contribution < -0.4 is 0 Å². The van der Waals surface area contributed by atoms with Crippen molar-refractivity contribution in [3.05, 3.63) is 51.9 Å². The first kappa shape index (κ1) is 12.8. The van der Waals surface area contributed by atoms with Crippen LogP contribution in [0.2, 0.25) is 10.0 Å². The molecular formula is C12H6Cl2FNO2. The molecule has 3 nitrogen and oxygen atoms in total. The maximum Gasteiger partial charge on any atom is 0.357 e. The number of carbonyl (C=O) groups is 1. The fourth-order valence-electron chi connectivity index (χ4n) is 1.44. The van der Waals surface area contributed by atoms with E-state index in [4.69, 9.17) is 28.3 Å². The Morgan fingerprint density at radius 3 is 2.61 bits per heavy atom. The van der Waals surface area contributed by atoms with Crippen LogP contribution in [0.1, 0.15) is 10.5 Å². The summed E-state index contributed by atoms with van der Waals surface area (Å²) in [5, 5.41) is 9.36. The van der Waals surface area contributed by atoms with Crippen LogP contribution in [0.5, 0.6) is 0 Å². The number of nitrogens with zero attached hydrogens (tertiary/aromatic N) is 1. The number of hydrogen-bond donors (Lipinski definition) is 1. The molecule has 18 heavy (non-hydrogen) atoms. The average Bonchev–Trinajstić information content (AvgIpc) is 2.33. The van der Waals surface area contributed by atoms with E-state index in [9.17, 15) is 9.18 Å². The molecule has 0 fully saturated rings. The Kier molecular flexibility index (Phi) is 3.50. The van der Waals surface area contributed by atoms with Crippen LogP contribution in [0.3, 0.4) is 0 Å². The van der Waals surface area contributed by atoms with Gasteiger partial charge in [0.25, 0.3) is 0 Å². The molecule has 0 saturated heterocycles. The third-order valence-corrected chi connectivity index (χ3v) is 3.10. The van der Waals surface area contributed by atoms with Gasteiger partial charge in [-0.15, -0.1) is 0 Å². The van der Waals surface area contributed by atoms with E-state index in [2.05, 4.69) is 4.98 Å². The second kappa shape index (κ2) is 4.92. The molecule has 0 unspecified atom stereocenters. The minimum atomic E-state index is -1.44. The lowest BCUT2D eigenvalue weighted by molar-refractivity contribution is 0.0685. The van der Waals surface area contributed by atoms with E-state index in [1.807, 2.05) is 0 Å². The third kappa shape index (κ3) is 2.30. The lowest BCUT2D eigenvalue weighted by Gasteiger charge is -2.06. The number of hydrogen-bond acceptors (Lipinski definition) is 2. The van der Waals surface area contributed by atoms with Crippen molar-refractivity contribution in [3.8, 4) is 11.3 Å². The van der Waals surface area contributed by atoms with E-state index in [0.29, 0.717) is 10.6 Å². The molecule has 1 heterocycles. The van der Waals surface area contributed by atoms with Gasteiger partial charge in [-0.3, -0.25) is 0 Å². The highest BCUT2D eigenvalue weighted by atomic mass is 35.5. The van der Waals surface area contributed by atoms with Gasteiger partial charge in [-0.2, -0.15) is 0 Å². The van der Waals surface area contributed by atoms with Crippen LogP contribution in [0.15, 0.2) is 30.3 Å². The molecule has 0 radical (unpaired) electrons. The lowest BCUT2D eigenvalue weighted by Crippen LogP contribution is -2.05. The summed E-state index contributed by atoms with van der Waals surface area (Å²) in [5.74, 6) is -2.34. The van der Waals surface area contributed by atoms with Gasteiger partial charge in [0.05, 0.1) is 15.7 Å². The highest BCUT2D eigenvalue weighted by molar-refractivity contribution is 6.43. The summed E-state index contributed by atoms with van der Waals surface area (Å²) >= 11 is 11.8. The van der Waals surface area contributed by atoms with E-state index in [1.54, 1.807) is 18.2 Å². The van der Waals surface area contributed by atoms with Gasteiger partial charge in [0.15, 0.2) is 11.5 Å². The number of aromatic carboxylic acids is 1. The highest BCUT2D eigenvalue weighted by Crippen LogP contribution is 2.32. The van der Waals surface area contributed by atoms with Crippen LogP contribution in [0, 0.1) is 5.82 Å². The van der Waals surface area contributed by atoms with Gasteiger partial charge >= 0.3 is 5.97 Å². The first-order chi connectivity index (χ1) is 8.50. The van der Waals surface area contributed by atoms with Crippen molar-refractivity contribution in [2.75, 3.05) is 0 Å². The van der Waals surface area contributed by atoms with Crippen molar-refractivity contribution in [2.24, 2.45) is 0 Å². The fourth-order valence-corrected chi connectivity index (χ4v) is 1.84. The van der Waals surface area contributed by atoms with E-state index in [1.165, 1.54) is 6.07 Å². The van der Waals surface area contributed by atoms with Gasteiger partial charge in [0.1, 0.15) is 0 Å². The minimum Gasteiger partial charge on any atom is -0.476 e. The van der Waals surface area contributed by atoms with Crippen LogP contribution in [-0.4, -0.2) is 16.1 Å². The van der Waals surface area contributed by atoms with Crippen molar-refractivity contribution in [1.82, 2.24) is 4.98 Å². The number of pyridine rings is 1. The van der Waals surface area contributed by atoms with Crippen LogP contribution in [-0.2, 0) is 0 Å². The standard InChI is InChI=1S/C12H6Cl2FNO2/c13-7-3-1-2-6(10(7)14)9-5-4-8(15)11(16-9)12(17)18/h1-5H,(H,17,18). The first-order valence-corrected chi connectivity index (χ1v) is 5.60. The molecule has 0 aliphatic rings. The number of benzene rings is 1. The SMILES string of the molecule is O=C(O)c1nc(-c2cccc(Cl)c2Cl)ccc1F. The number of carboxylic acids is 1. The van der Waals surface area contributed by atoms with Crippen molar-refractivity contribution in [2.45, 2.75) is 0 Å². The summed E-state index contributed by atoms with van der Waals surface area (Å²) in [5.41, 5.74) is 0.0523. The van der Waals surface area contributed by atoms with E-state index in [0.717, 1.165) is 6.07 Å². The van der Waals surface area contributed by atoms with Gasteiger partial charge < -0.3 is 5.11 Å². The number of carboxylic acid groups (broad SMARTS) is 1. The molecule has 1 N–H and O–H groups in total. The fraction of sp³-hybridized carbons (Fsp3) is 0. The van der Waals surface area contributed by atoms with Crippen molar-refractivity contribution in [1.29, 1.82) is 0 Å². The molecule has 0 aliphatic carbocycles. The van der Waals surface area contributed by atoms with Gasteiger partial charge in [-0.1, -0.05) is 35.3 Å². The summed E-state index contributed by atoms with van der Waals surface area (Å²) < 4.78 is 13.2. The topological polar surface area (TPSA) is 50.2 Å². The predicted molar refractivity (Wildman–Crippen MR) is 66.6 cm³/mol. The first-order valence-electron chi connectivity index (χ1n) is 4.85. The number of aromatic nitrogens is 1. The van der Waals surface area contributed by atoms with Gasteiger partial charge in [0.2, 0.25) is 0 Å². The largest absolute Gasteiger partial charge is 0.476 e. The van der Waals surface area contributed by atoms with Gasteiger partial charge in [0, 0.05) is 5.56 Å². The van der Waals surface area contributed by atoms with Crippen molar-refractivity contribution < 1.29 is 14.3 Å². The summed E-state index contributed by atoms with van der Waals surface area (Å²) in [6.45, 7) is 0.